The molecular formula is C18H19FN2O3. The lowest BCUT2D eigenvalue weighted by molar-refractivity contribution is -0.136. The van der Waals surface area contributed by atoms with Gasteiger partial charge in [-0.15, -0.1) is 0 Å². The molecule has 0 aromatic heterocycles. The van der Waals surface area contributed by atoms with Crippen LogP contribution in [0.25, 0.3) is 0 Å². The molecular weight excluding hydrogens is 311 g/mol. The number of hydrogen-bond donors (Lipinski definition) is 3. The van der Waals surface area contributed by atoms with Crippen molar-refractivity contribution >= 4 is 17.5 Å². The van der Waals surface area contributed by atoms with E-state index in [9.17, 15) is 14.0 Å². The molecule has 6 heteroatoms. The molecule has 0 fully saturated rings. The highest BCUT2D eigenvalue weighted by molar-refractivity contribution is 6.39. The number of carbonyl (C=O) groups excluding carboxylic acids is 2. The molecule has 5 nitrogen and oxygen atoms in total. The average molecular weight is 330 g/mol. The molecule has 0 heterocycles. The second-order valence-corrected chi connectivity index (χ2v) is 5.24. The van der Waals surface area contributed by atoms with Crippen molar-refractivity contribution in [2.75, 3.05) is 11.9 Å². The van der Waals surface area contributed by atoms with E-state index in [1.54, 1.807) is 6.07 Å². The molecule has 0 spiro atoms. The zero-order valence-corrected chi connectivity index (χ0v) is 13.0. The predicted octanol–water partition coefficient (Wildman–Crippen LogP) is 2.39. The second-order valence-electron chi connectivity index (χ2n) is 5.24. The van der Waals surface area contributed by atoms with Gasteiger partial charge in [0.2, 0.25) is 0 Å². The molecule has 1 unspecified atom stereocenters. The molecule has 0 radical (unpaired) electrons. The zero-order chi connectivity index (χ0) is 17.4. The van der Waals surface area contributed by atoms with Crippen LogP contribution in [0.3, 0.4) is 0 Å². The van der Waals surface area contributed by atoms with Crippen molar-refractivity contribution in [3.63, 3.8) is 0 Å². The van der Waals surface area contributed by atoms with Crippen molar-refractivity contribution in [3.8, 4) is 0 Å². The fourth-order valence-corrected chi connectivity index (χ4v) is 2.27. The third-order valence-corrected chi connectivity index (χ3v) is 3.49. The first kappa shape index (κ1) is 17.6. The molecule has 0 saturated heterocycles. The molecule has 1 atom stereocenters. The summed E-state index contributed by atoms with van der Waals surface area (Å²) in [6, 6.07) is 14.4. The number of halogens is 1. The van der Waals surface area contributed by atoms with Crippen LogP contribution in [-0.4, -0.2) is 23.5 Å². The van der Waals surface area contributed by atoms with E-state index in [4.69, 9.17) is 5.11 Å². The summed E-state index contributed by atoms with van der Waals surface area (Å²) >= 11 is 0. The van der Waals surface area contributed by atoms with Gasteiger partial charge in [-0.25, -0.2) is 4.39 Å². The van der Waals surface area contributed by atoms with Gasteiger partial charge in [0.15, 0.2) is 0 Å². The number of anilines is 1. The van der Waals surface area contributed by atoms with Crippen LogP contribution in [0.4, 0.5) is 10.1 Å². The van der Waals surface area contributed by atoms with Gasteiger partial charge in [-0.2, -0.15) is 0 Å². The molecule has 0 saturated carbocycles. The molecule has 2 aromatic rings. The van der Waals surface area contributed by atoms with Crippen LogP contribution in [0.15, 0.2) is 54.6 Å². The Balaban J connectivity index is 2.04. The van der Waals surface area contributed by atoms with Crippen molar-refractivity contribution in [1.82, 2.24) is 5.32 Å². The molecule has 0 aliphatic heterocycles. The minimum absolute atomic E-state index is 0.0133. The minimum Gasteiger partial charge on any atom is -0.396 e. The first-order valence-electron chi connectivity index (χ1n) is 7.64. The van der Waals surface area contributed by atoms with Crippen LogP contribution in [-0.2, 0) is 9.59 Å². The fourth-order valence-electron chi connectivity index (χ4n) is 2.27. The largest absolute Gasteiger partial charge is 0.396 e. The number of para-hydroxylation sites is 1. The molecule has 126 valence electrons. The van der Waals surface area contributed by atoms with Gasteiger partial charge >= 0.3 is 11.8 Å². The summed E-state index contributed by atoms with van der Waals surface area (Å²) in [6.07, 6.45) is 0.966. The normalized spacial score (nSPS) is 11.6. The van der Waals surface area contributed by atoms with E-state index in [1.165, 1.54) is 18.2 Å². The Kier molecular flexibility index (Phi) is 6.45. The van der Waals surface area contributed by atoms with E-state index >= 15 is 0 Å². The summed E-state index contributed by atoms with van der Waals surface area (Å²) in [5, 5.41) is 13.9. The monoisotopic (exact) mass is 330 g/mol. The Morgan fingerprint density at radius 1 is 1.00 bits per heavy atom. The molecule has 0 aliphatic rings. The molecule has 2 rings (SSSR count). The maximum absolute atomic E-state index is 13.5. The highest BCUT2D eigenvalue weighted by Gasteiger charge is 2.20. The number of rotatable bonds is 6. The molecule has 2 aromatic carbocycles. The van der Waals surface area contributed by atoms with Crippen LogP contribution >= 0.6 is 0 Å². The number of carbonyl (C=O) groups is 2. The van der Waals surface area contributed by atoms with Gasteiger partial charge in [-0.1, -0.05) is 42.5 Å². The summed E-state index contributed by atoms with van der Waals surface area (Å²) in [4.78, 5) is 24.1. The number of aliphatic hydroxyl groups is 1. The van der Waals surface area contributed by atoms with Crippen LogP contribution in [0, 0.1) is 5.82 Å². The lowest BCUT2D eigenvalue weighted by Gasteiger charge is -2.18. The van der Waals surface area contributed by atoms with Gasteiger partial charge in [-0.3, -0.25) is 9.59 Å². The summed E-state index contributed by atoms with van der Waals surface area (Å²) < 4.78 is 13.5. The topological polar surface area (TPSA) is 78.4 Å². The van der Waals surface area contributed by atoms with Crippen molar-refractivity contribution in [2.24, 2.45) is 0 Å². The van der Waals surface area contributed by atoms with Crippen molar-refractivity contribution in [2.45, 2.75) is 18.9 Å². The van der Waals surface area contributed by atoms with Gasteiger partial charge in [-0.05, 0) is 30.5 Å². The highest BCUT2D eigenvalue weighted by atomic mass is 19.1. The van der Waals surface area contributed by atoms with E-state index < -0.39 is 23.7 Å². The van der Waals surface area contributed by atoms with E-state index in [1.807, 2.05) is 30.3 Å². The van der Waals surface area contributed by atoms with Gasteiger partial charge in [0.05, 0.1) is 11.7 Å². The molecule has 0 bridgehead atoms. The van der Waals surface area contributed by atoms with Gasteiger partial charge in [0, 0.05) is 6.61 Å². The Morgan fingerprint density at radius 3 is 2.33 bits per heavy atom. The zero-order valence-electron chi connectivity index (χ0n) is 13.0. The number of amides is 2. The SMILES string of the molecule is O=C(Nc1ccccc1F)C(=O)NC(CCCO)c1ccccc1. The van der Waals surface area contributed by atoms with Gasteiger partial charge in [0.1, 0.15) is 5.82 Å². The quantitative estimate of drug-likeness (QED) is 0.712. The van der Waals surface area contributed by atoms with Crippen molar-refractivity contribution < 1.29 is 19.1 Å². The Bertz CT molecular complexity index is 692. The standard InChI is InChI=1S/C18H19FN2O3/c19-14-9-4-5-10-16(14)21-18(24)17(23)20-15(11-6-12-22)13-7-2-1-3-8-13/h1-5,7-10,15,22H,6,11-12H2,(H,20,23)(H,21,24). The summed E-state index contributed by atoms with van der Waals surface area (Å²) in [5.41, 5.74) is 0.780. The smallest absolute Gasteiger partial charge is 0.313 e. The number of aliphatic hydroxyl groups excluding tert-OH is 1. The summed E-state index contributed by atoms with van der Waals surface area (Å²) in [7, 11) is 0. The first-order valence-corrected chi connectivity index (χ1v) is 7.64. The van der Waals surface area contributed by atoms with E-state index in [-0.39, 0.29) is 12.3 Å². The summed E-state index contributed by atoms with van der Waals surface area (Å²) in [5.74, 6) is -2.41. The lowest BCUT2D eigenvalue weighted by Crippen LogP contribution is -2.38. The van der Waals surface area contributed by atoms with E-state index in [0.29, 0.717) is 12.8 Å². The molecule has 24 heavy (non-hydrogen) atoms. The maximum Gasteiger partial charge on any atom is 0.313 e. The highest BCUT2D eigenvalue weighted by Crippen LogP contribution is 2.18. The van der Waals surface area contributed by atoms with Crippen LogP contribution < -0.4 is 10.6 Å². The van der Waals surface area contributed by atoms with Crippen LogP contribution in [0.5, 0.6) is 0 Å². The Hall–Kier alpha value is -2.73. The van der Waals surface area contributed by atoms with Crippen molar-refractivity contribution in [1.29, 1.82) is 0 Å². The third-order valence-electron chi connectivity index (χ3n) is 3.49. The maximum atomic E-state index is 13.5. The molecule has 2 amide bonds. The first-order chi connectivity index (χ1) is 11.6. The van der Waals surface area contributed by atoms with E-state index in [2.05, 4.69) is 10.6 Å². The third kappa shape index (κ3) is 4.89. The second kappa shape index (κ2) is 8.79. The summed E-state index contributed by atoms with van der Waals surface area (Å²) in [6.45, 7) is -0.0133. The lowest BCUT2D eigenvalue weighted by atomic mass is 10.0. The molecule has 0 aliphatic carbocycles. The number of benzene rings is 2. The predicted molar refractivity (Wildman–Crippen MR) is 88.7 cm³/mol. The Labute approximate surface area is 139 Å². The fraction of sp³-hybridized carbons (Fsp3) is 0.222. The van der Waals surface area contributed by atoms with Gasteiger partial charge in [0.25, 0.3) is 0 Å². The average Bonchev–Trinajstić information content (AvgIpc) is 2.61. The minimum atomic E-state index is -0.940. The van der Waals surface area contributed by atoms with Crippen LogP contribution in [0.1, 0.15) is 24.4 Å². The van der Waals surface area contributed by atoms with Gasteiger partial charge < -0.3 is 15.7 Å². The number of hydrogen-bond acceptors (Lipinski definition) is 3. The molecule has 3 N–H and O–H groups in total. The van der Waals surface area contributed by atoms with Crippen LogP contribution in [0.2, 0.25) is 0 Å². The Morgan fingerprint density at radius 2 is 1.67 bits per heavy atom. The van der Waals surface area contributed by atoms with E-state index in [0.717, 1.165) is 5.56 Å². The van der Waals surface area contributed by atoms with Crippen molar-refractivity contribution in [3.05, 3.63) is 66.0 Å². The number of nitrogens with one attached hydrogen (secondary N) is 2.